The van der Waals surface area contributed by atoms with Gasteiger partial charge >= 0.3 is 0 Å². The molecular formula is C10H20O2. The highest BCUT2D eigenvalue weighted by Crippen LogP contribution is 1.95. The third kappa shape index (κ3) is 7.76. The fourth-order valence-electron chi connectivity index (χ4n) is 0.903. The molecule has 12 heavy (non-hydrogen) atoms. The predicted molar refractivity (Wildman–Crippen MR) is 51.4 cm³/mol. The maximum atomic E-state index is 5.36. The molecule has 0 atom stereocenters. The van der Waals surface area contributed by atoms with Gasteiger partial charge in [-0.3, -0.25) is 0 Å². The lowest BCUT2D eigenvalue weighted by Gasteiger charge is -2.03. The van der Waals surface area contributed by atoms with Crippen LogP contribution < -0.4 is 0 Å². The first-order chi connectivity index (χ1) is 5.81. The second-order valence-electron chi connectivity index (χ2n) is 2.71. The van der Waals surface area contributed by atoms with Gasteiger partial charge in [0.2, 0.25) is 0 Å². The molecule has 0 aliphatic heterocycles. The van der Waals surface area contributed by atoms with Gasteiger partial charge in [-0.05, 0) is 20.3 Å². The van der Waals surface area contributed by atoms with E-state index < -0.39 is 0 Å². The van der Waals surface area contributed by atoms with Crippen LogP contribution in [-0.2, 0) is 9.47 Å². The summed E-state index contributed by atoms with van der Waals surface area (Å²) in [5, 5.41) is 0. The Balaban J connectivity index is 3.14. The van der Waals surface area contributed by atoms with Crippen LogP contribution in [0.25, 0.3) is 0 Å². The Bertz CT molecular complexity index is 119. The number of allylic oxidation sites excluding steroid dienone is 1. The summed E-state index contributed by atoms with van der Waals surface area (Å²) in [5.41, 5.74) is 1.30. The highest BCUT2D eigenvalue weighted by molar-refractivity contribution is 4.97. The average Bonchev–Trinajstić information content (AvgIpc) is 2.05. The zero-order chi connectivity index (χ0) is 9.23. The molecule has 0 radical (unpaired) electrons. The van der Waals surface area contributed by atoms with Gasteiger partial charge < -0.3 is 9.47 Å². The Morgan fingerprint density at radius 1 is 1.17 bits per heavy atom. The summed E-state index contributed by atoms with van der Waals surface area (Å²) in [6, 6.07) is 0. The third-order valence-corrected chi connectivity index (χ3v) is 1.46. The van der Waals surface area contributed by atoms with Crippen molar-refractivity contribution in [2.75, 3.05) is 26.4 Å². The normalized spacial score (nSPS) is 12.1. The van der Waals surface area contributed by atoms with Crippen LogP contribution in [0.5, 0.6) is 0 Å². The molecular weight excluding hydrogens is 152 g/mol. The van der Waals surface area contributed by atoms with E-state index in [9.17, 15) is 0 Å². The molecule has 0 fully saturated rings. The van der Waals surface area contributed by atoms with Crippen LogP contribution in [0, 0.1) is 0 Å². The van der Waals surface area contributed by atoms with Crippen LogP contribution in [0.2, 0.25) is 0 Å². The van der Waals surface area contributed by atoms with Gasteiger partial charge in [0.1, 0.15) is 0 Å². The van der Waals surface area contributed by atoms with Crippen LogP contribution in [0.3, 0.4) is 0 Å². The van der Waals surface area contributed by atoms with Gasteiger partial charge in [0.25, 0.3) is 0 Å². The number of hydrogen-bond donors (Lipinski definition) is 0. The smallest absolute Gasteiger partial charge is 0.0704 e. The summed E-state index contributed by atoms with van der Waals surface area (Å²) in [4.78, 5) is 0. The van der Waals surface area contributed by atoms with E-state index in [0.29, 0.717) is 13.2 Å². The average molecular weight is 172 g/mol. The van der Waals surface area contributed by atoms with Gasteiger partial charge in [0.05, 0.1) is 19.8 Å². The number of rotatable bonds is 7. The Morgan fingerprint density at radius 2 is 1.83 bits per heavy atom. The molecule has 0 aromatic rings. The molecule has 0 aliphatic carbocycles. The zero-order valence-electron chi connectivity index (χ0n) is 8.43. The van der Waals surface area contributed by atoms with E-state index in [1.807, 2.05) is 6.92 Å². The SMILES string of the molecule is CC/C=C(\C)COCCOCC. The van der Waals surface area contributed by atoms with Crippen molar-refractivity contribution >= 4 is 0 Å². The topological polar surface area (TPSA) is 18.5 Å². The van der Waals surface area contributed by atoms with Crippen LogP contribution >= 0.6 is 0 Å². The van der Waals surface area contributed by atoms with E-state index in [2.05, 4.69) is 19.9 Å². The minimum atomic E-state index is 0.697. The van der Waals surface area contributed by atoms with Crippen LogP contribution in [0.1, 0.15) is 27.2 Å². The van der Waals surface area contributed by atoms with Gasteiger partial charge in [-0.15, -0.1) is 0 Å². The maximum Gasteiger partial charge on any atom is 0.0704 e. The van der Waals surface area contributed by atoms with Crippen molar-refractivity contribution in [2.45, 2.75) is 27.2 Å². The van der Waals surface area contributed by atoms with Crippen molar-refractivity contribution in [2.24, 2.45) is 0 Å². The lowest BCUT2D eigenvalue weighted by atomic mass is 10.3. The molecule has 72 valence electrons. The summed E-state index contributed by atoms with van der Waals surface area (Å²) >= 11 is 0. The second kappa shape index (κ2) is 8.75. The highest BCUT2D eigenvalue weighted by Gasteiger charge is 1.89. The lowest BCUT2D eigenvalue weighted by molar-refractivity contribution is 0.0620. The van der Waals surface area contributed by atoms with Crippen molar-refractivity contribution in [1.29, 1.82) is 0 Å². The Labute approximate surface area is 75.6 Å². The van der Waals surface area contributed by atoms with Gasteiger partial charge in [0.15, 0.2) is 0 Å². The minimum Gasteiger partial charge on any atom is -0.379 e. The van der Waals surface area contributed by atoms with Crippen LogP contribution in [-0.4, -0.2) is 26.4 Å². The summed E-state index contributed by atoms with van der Waals surface area (Å²) in [6.07, 6.45) is 3.27. The van der Waals surface area contributed by atoms with Crippen molar-refractivity contribution in [1.82, 2.24) is 0 Å². The molecule has 2 heteroatoms. The molecule has 2 nitrogen and oxygen atoms in total. The third-order valence-electron chi connectivity index (χ3n) is 1.46. The monoisotopic (exact) mass is 172 g/mol. The second-order valence-corrected chi connectivity index (χ2v) is 2.71. The largest absolute Gasteiger partial charge is 0.379 e. The van der Waals surface area contributed by atoms with Gasteiger partial charge in [-0.2, -0.15) is 0 Å². The first kappa shape index (κ1) is 11.7. The fraction of sp³-hybridized carbons (Fsp3) is 0.800. The standard InChI is InChI=1S/C10H20O2/c1-4-6-10(3)9-12-8-7-11-5-2/h6H,4-5,7-9H2,1-3H3/b10-6+. The minimum absolute atomic E-state index is 0.697. The molecule has 0 aromatic carbocycles. The summed E-state index contributed by atoms with van der Waals surface area (Å²) in [5.74, 6) is 0. The highest BCUT2D eigenvalue weighted by atomic mass is 16.5. The van der Waals surface area contributed by atoms with Crippen molar-refractivity contribution in [3.63, 3.8) is 0 Å². The van der Waals surface area contributed by atoms with Gasteiger partial charge in [-0.25, -0.2) is 0 Å². The summed E-state index contributed by atoms with van der Waals surface area (Å²) in [6.45, 7) is 9.11. The van der Waals surface area contributed by atoms with Gasteiger partial charge in [0, 0.05) is 6.61 Å². The molecule has 0 rings (SSSR count). The van der Waals surface area contributed by atoms with E-state index in [0.717, 1.165) is 19.6 Å². The first-order valence-electron chi connectivity index (χ1n) is 4.62. The van der Waals surface area contributed by atoms with Crippen LogP contribution in [0.4, 0.5) is 0 Å². The Kier molecular flexibility index (Phi) is 8.51. The number of hydrogen-bond acceptors (Lipinski definition) is 2. The quantitative estimate of drug-likeness (QED) is 0.433. The number of ether oxygens (including phenoxy) is 2. The van der Waals surface area contributed by atoms with Crippen molar-refractivity contribution in [3.05, 3.63) is 11.6 Å². The Morgan fingerprint density at radius 3 is 2.42 bits per heavy atom. The predicted octanol–water partition coefficient (Wildman–Crippen LogP) is 2.40. The maximum absolute atomic E-state index is 5.36. The van der Waals surface area contributed by atoms with Crippen molar-refractivity contribution in [3.8, 4) is 0 Å². The molecule has 0 amide bonds. The lowest BCUT2D eigenvalue weighted by Crippen LogP contribution is -2.05. The zero-order valence-corrected chi connectivity index (χ0v) is 8.43. The molecule has 0 heterocycles. The first-order valence-corrected chi connectivity index (χ1v) is 4.62. The molecule has 0 aliphatic rings. The fourth-order valence-corrected chi connectivity index (χ4v) is 0.903. The molecule has 0 bridgehead atoms. The molecule has 0 aromatic heterocycles. The summed E-state index contributed by atoms with van der Waals surface area (Å²) < 4.78 is 10.5. The van der Waals surface area contributed by atoms with Gasteiger partial charge in [-0.1, -0.05) is 18.6 Å². The molecule has 0 spiro atoms. The van der Waals surface area contributed by atoms with E-state index in [1.54, 1.807) is 0 Å². The molecule has 0 unspecified atom stereocenters. The summed E-state index contributed by atoms with van der Waals surface area (Å²) in [7, 11) is 0. The van der Waals surface area contributed by atoms with E-state index >= 15 is 0 Å². The van der Waals surface area contributed by atoms with Crippen LogP contribution in [0.15, 0.2) is 11.6 Å². The molecule has 0 saturated carbocycles. The van der Waals surface area contributed by atoms with E-state index in [-0.39, 0.29) is 0 Å². The van der Waals surface area contributed by atoms with Crippen molar-refractivity contribution < 1.29 is 9.47 Å². The van der Waals surface area contributed by atoms with E-state index in [1.165, 1.54) is 5.57 Å². The molecule has 0 saturated heterocycles. The van der Waals surface area contributed by atoms with E-state index in [4.69, 9.17) is 9.47 Å². The Hall–Kier alpha value is -0.340. The molecule has 0 N–H and O–H groups in total.